The average Bonchev–Trinajstić information content (AvgIpc) is 2.77. The highest BCUT2D eigenvalue weighted by Crippen LogP contribution is 2.34. The SMILES string of the molecule is Cc1c(OCCCCN(C)C)ccc(C(C)N2CC(CNC(=O)Cc3ccc(F)c(F)c3)C2)c1C. The first-order valence-corrected chi connectivity index (χ1v) is 12.5. The third-order valence-corrected chi connectivity index (χ3v) is 6.96. The van der Waals surface area contributed by atoms with Crippen LogP contribution >= 0.6 is 0 Å². The Hall–Kier alpha value is -2.51. The van der Waals surface area contributed by atoms with Crippen LogP contribution in [0.1, 0.15) is 48.1 Å². The van der Waals surface area contributed by atoms with Gasteiger partial charge in [-0.3, -0.25) is 9.69 Å². The van der Waals surface area contributed by atoms with Crippen LogP contribution in [0.5, 0.6) is 5.75 Å². The van der Waals surface area contributed by atoms with Crippen molar-refractivity contribution in [1.82, 2.24) is 15.1 Å². The van der Waals surface area contributed by atoms with Gasteiger partial charge in [0.15, 0.2) is 11.6 Å². The molecule has 0 bridgehead atoms. The van der Waals surface area contributed by atoms with E-state index in [1.165, 1.54) is 22.8 Å². The zero-order chi connectivity index (χ0) is 25.5. The standard InChI is InChI=1S/C28H39F2N3O2/c1-19-20(2)27(35-13-7-6-12-32(4)5)11-9-24(19)21(3)33-17-23(18-33)16-31-28(34)15-22-8-10-25(29)26(30)14-22/h8-11,14,21,23H,6-7,12-13,15-18H2,1-5H3,(H,31,34). The molecule has 0 spiro atoms. The molecule has 3 rings (SSSR count). The molecule has 0 saturated carbocycles. The van der Waals surface area contributed by atoms with Gasteiger partial charge >= 0.3 is 0 Å². The summed E-state index contributed by atoms with van der Waals surface area (Å²) >= 11 is 0. The molecule has 7 heteroatoms. The van der Waals surface area contributed by atoms with Crippen LogP contribution in [0.4, 0.5) is 8.78 Å². The second-order valence-corrected chi connectivity index (χ2v) is 9.99. The molecule has 2 aromatic carbocycles. The maximum absolute atomic E-state index is 13.3. The Bertz CT molecular complexity index is 1010. The molecular formula is C28H39F2N3O2. The van der Waals surface area contributed by atoms with Crippen LogP contribution in [0.15, 0.2) is 30.3 Å². The van der Waals surface area contributed by atoms with E-state index >= 15 is 0 Å². The van der Waals surface area contributed by atoms with E-state index in [4.69, 9.17) is 4.74 Å². The first-order chi connectivity index (χ1) is 16.7. The van der Waals surface area contributed by atoms with E-state index in [0.29, 0.717) is 18.0 Å². The first kappa shape index (κ1) is 27.1. The fourth-order valence-corrected chi connectivity index (χ4v) is 4.55. The molecule has 192 valence electrons. The normalized spacial score (nSPS) is 15.2. The van der Waals surface area contributed by atoms with Gasteiger partial charge in [-0.15, -0.1) is 0 Å². The van der Waals surface area contributed by atoms with Crippen LogP contribution in [0.2, 0.25) is 0 Å². The summed E-state index contributed by atoms with van der Waals surface area (Å²) in [6, 6.07) is 8.13. The predicted octanol–water partition coefficient (Wildman–Crippen LogP) is 4.65. The number of nitrogens with zero attached hydrogens (tertiary/aromatic N) is 2. The number of hydrogen-bond donors (Lipinski definition) is 1. The number of carbonyl (C=O) groups is 1. The lowest BCUT2D eigenvalue weighted by Gasteiger charge is -2.44. The van der Waals surface area contributed by atoms with Crippen molar-refractivity contribution >= 4 is 5.91 Å². The largest absolute Gasteiger partial charge is 0.493 e. The van der Waals surface area contributed by atoms with Gasteiger partial charge in [-0.25, -0.2) is 8.78 Å². The van der Waals surface area contributed by atoms with E-state index in [-0.39, 0.29) is 18.4 Å². The number of ether oxygens (including phenoxy) is 1. The monoisotopic (exact) mass is 487 g/mol. The van der Waals surface area contributed by atoms with Crippen LogP contribution in [0, 0.1) is 31.4 Å². The summed E-state index contributed by atoms with van der Waals surface area (Å²) in [7, 11) is 4.17. The molecule has 0 radical (unpaired) electrons. The van der Waals surface area contributed by atoms with Gasteiger partial charge in [-0.05, 0) is 94.7 Å². The lowest BCUT2D eigenvalue weighted by molar-refractivity contribution is -0.121. The molecule has 35 heavy (non-hydrogen) atoms. The zero-order valence-corrected chi connectivity index (χ0v) is 21.7. The van der Waals surface area contributed by atoms with Gasteiger partial charge < -0.3 is 15.0 Å². The molecule has 1 aliphatic heterocycles. The minimum absolute atomic E-state index is 0.0482. The van der Waals surface area contributed by atoms with Crippen molar-refractivity contribution in [2.75, 3.05) is 46.9 Å². The van der Waals surface area contributed by atoms with Crippen molar-refractivity contribution in [3.63, 3.8) is 0 Å². The first-order valence-electron chi connectivity index (χ1n) is 12.5. The number of likely N-dealkylation sites (tertiary alicyclic amines) is 1. The number of amides is 1. The Labute approximate surface area is 208 Å². The number of unbranched alkanes of at least 4 members (excludes halogenated alkanes) is 1. The Balaban J connectivity index is 1.42. The second-order valence-electron chi connectivity index (χ2n) is 9.99. The molecule has 0 aromatic heterocycles. The molecule has 1 heterocycles. The smallest absolute Gasteiger partial charge is 0.224 e. The number of halogens is 2. The number of benzene rings is 2. The molecule has 1 unspecified atom stereocenters. The van der Waals surface area contributed by atoms with E-state index in [0.717, 1.165) is 57.0 Å². The molecule has 2 aromatic rings. The number of rotatable bonds is 12. The summed E-state index contributed by atoms with van der Waals surface area (Å²) in [5, 5.41) is 2.93. The van der Waals surface area contributed by atoms with Gasteiger partial charge in [-0.1, -0.05) is 12.1 Å². The van der Waals surface area contributed by atoms with Gasteiger partial charge in [0, 0.05) is 31.6 Å². The summed E-state index contributed by atoms with van der Waals surface area (Å²) in [6.45, 7) is 10.7. The fraction of sp³-hybridized carbons (Fsp3) is 0.536. The topological polar surface area (TPSA) is 44.8 Å². The lowest BCUT2D eigenvalue weighted by Crippen LogP contribution is -2.52. The highest BCUT2D eigenvalue weighted by molar-refractivity contribution is 5.78. The van der Waals surface area contributed by atoms with Crippen LogP contribution in [-0.2, 0) is 11.2 Å². The third kappa shape index (κ3) is 7.48. The molecule has 0 aliphatic carbocycles. The van der Waals surface area contributed by atoms with Gasteiger partial charge in [0.1, 0.15) is 5.75 Å². The number of carbonyl (C=O) groups excluding carboxylic acids is 1. The van der Waals surface area contributed by atoms with Gasteiger partial charge in [-0.2, -0.15) is 0 Å². The molecule has 5 nitrogen and oxygen atoms in total. The van der Waals surface area contributed by atoms with Crippen molar-refractivity contribution in [3.05, 3.63) is 64.2 Å². The highest BCUT2D eigenvalue weighted by Gasteiger charge is 2.32. The Morgan fingerprint density at radius 2 is 1.86 bits per heavy atom. The maximum atomic E-state index is 13.3. The number of hydrogen-bond acceptors (Lipinski definition) is 4. The lowest BCUT2D eigenvalue weighted by atomic mass is 9.91. The Morgan fingerprint density at radius 3 is 2.54 bits per heavy atom. The fourth-order valence-electron chi connectivity index (χ4n) is 4.55. The summed E-state index contributed by atoms with van der Waals surface area (Å²) < 4.78 is 32.4. The van der Waals surface area contributed by atoms with Crippen molar-refractivity contribution in [3.8, 4) is 5.75 Å². The van der Waals surface area contributed by atoms with Crippen molar-refractivity contribution in [2.24, 2.45) is 5.92 Å². The summed E-state index contributed by atoms with van der Waals surface area (Å²) in [4.78, 5) is 16.8. The molecule has 1 N–H and O–H groups in total. The summed E-state index contributed by atoms with van der Waals surface area (Å²) in [5.41, 5.74) is 4.25. The van der Waals surface area contributed by atoms with Crippen LogP contribution in [0.25, 0.3) is 0 Å². The van der Waals surface area contributed by atoms with Crippen LogP contribution in [0.3, 0.4) is 0 Å². The molecule has 1 atom stereocenters. The average molecular weight is 488 g/mol. The Kier molecular flexibility index (Phi) is 9.63. The van der Waals surface area contributed by atoms with Gasteiger partial charge in [0.25, 0.3) is 0 Å². The van der Waals surface area contributed by atoms with E-state index < -0.39 is 11.6 Å². The molecule has 1 fully saturated rings. The molecule has 1 aliphatic rings. The molecule has 1 saturated heterocycles. The summed E-state index contributed by atoms with van der Waals surface area (Å²) in [6.07, 6.45) is 2.22. The molecule has 1 amide bonds. The molecular weight excluding hydrogens is 448 g/mol. The predicted molar refractivity (Wildman–Crippen MR) is 136 cm³/mol. The van der Waals surface area contributed by atoms with Gasteiger partial charge in [0.05, 0.1) is 13.0 Å². The van der Waals surface area contributed by atoms with Crippen molar-refractivity contribution in [2.45, 2.75) is 46.1 Å². The second kappa shape index (κ2) is 12.5. The van der Waals surface area contributed by atoms with E-state index in [1.807, 2.05) is 0 Å². The zero-order valence-electron chi connectivity index (χ0n) is 21.7. The third-order valence-electron chi connectivity index (χ3n) is 6.96. The van der Waals surface area contributed by atoms with E-state index in [1.54, 1.807) is 0 Å². The van der Waals surface area contributed by atoms with Crippen LogP contribution < -0.4 is 10.1 Å². The quantitative estimate of drug-likeness (QED) is 0.443. The van der Waals surface area contributed by atoms with E-state index in [2.05, 4.69) is 62.1 Å². The van der Waals surface area contributed by atoms with Gasteiger partial charge in [0.2, 0.25) is 5.91 Å². The minimum Gasteiger partial charge on any atom is -0.493 e. The van der Waals surface area contributed by atoms with Crippen molar-refractivity contribution in [1.29, 1.82) is 0 Å². The Morgan fingerprint density at radius 1 is 1.11 bits per heavy atom. The highest BCUT2D eigenvalue weighted by atomic mass is 19.2. The van der Waals surface area contributed by atoms with E-state index in [9.17, 15) is 13.6 Å². The van der Waals surface area contributed by atoms with Crippen LogP contribution in [-0.4, -0.2) is 62.6 Å². The maximum Gasteiger partial charge on any atom is 0.224 e. The number of nitrogens with one attached hydrogen (secondary N) is 1. The van der Waals surface area contributed by atoms with Crippen molar-refractivity contribution < 1.29 is 18.3 Å². The summed E-state index contributed by atoms with van der Waals surface area (Å²) in [5.74, 6) is -0.651. The minimum atomic E-state index is -0.927.